The molecule has 0 radical (unpaired) electrons. The topological polar surface area (TPSA) is 38.2 Å². The van der Waals surface area contributed by atoms with E-state index >= 15 is 0 Å². The van der Waals surface area contributed by atoms with Gasteiger partial charge in [0.05, 0.1) is 0 Å². The molecular formula is C10H28N2. The highest BCUT2D eigenvalue weighted by molar-refractivity contribution is 4.72. The average molecular weight is 176 g/mol. The number of nitrogens with zero attached hydrogens (tertiary/aromatic N) is 1. The molecule has 78 valence electrons. The minimum atomic E-state index is 0. The predicted molar refractivity (Wildman–Crippen MR) is 59.0 cm³/mol. The molecule has 1 unspecified atom stereocenters. The molecule has 1 fully saturated rings. The summed E-state index contributed by atoms with van der Waals surface area (Å²) in [4.78, 5) is 2.53. The highest BCUT2D eigenvalue weighted by Crippen LogP contribution is 2.14. The van der Waals surface area contributed by atoms with E-state index in [1.54, 1.807) is 0 Å². The molecule has 2 nitrogen and oxygen atoms in total. The SMILES string of the molecule is C.CC.CCN1CCCC1C.N. The Kier molecular flexibility index (Phi) is 16.3. The number of hydrogen-bond acceptors (Lipinski definition) is 2. The van der Waals surface area contributed by atoms with Gasteiger partial charge in [0, 0.05) is 6.04 Å². The van der Waals surface area contributed by atoms with Gasteiger partial charge in [-0.3, -0.25) is 0 Å². The van der Waals surface area contributed by atoms with Crippen LogP contribution in [0.15, 0.2) is 0 Å². The van der Waals surface area contributed by atoms with Crippen LogP contribution in [0, 0.1) is 0 Å². The van der Waals surface area contributed by atoms with E-state index in [1.165, 1.54) is 25.9 Å². The smallest absolute Gasteiger partial charge is 0.00672 e. The van der Waals surface area contributed by atoms with Crippen LogP contribution in [0.1, 0.15) is 48.0 Å². The van der Waals surface area contributed by atoms with E-state index in [-0.39, 0.29) is 13.6 Å². The van der Waals surface area contributed by atoms with Gasteiger partial charge in [0.2, 0.25) is 0 Å². The fraction of sp³-hybridized carbons (Fsp3) is 1.00. The maximum absolute atomic E-state index is 2.53. The molecule has 12 heavy (non-hydrogen) atoms. The second-order valence-corrected chi connectivity index (χ2v) is 2.62. The molecule has 0 spiro atoms. The van der Waals surface area contributed by atoms with Gasteiger partial charge in [-0.05, 0) is 32.9 Å². The zero-order valence-electron chi connectivity index (χ0n) is 8.56. The van der Waals surface area contributed by atoms with Gasteiger partial charge in [-0.1, -0.05) is 28.2 Å². The predicted octanol–water partition coefficient (Wildman–Crippen LogP) is 3.31. The first-order valence-corrected chi connectivity index (χ1v) is 4.58. The summed E-state index contributed by atoms with van der Waals surface area (Å²) in [5.74, 6) is 0. The summed E-state index contributed by atoms with van der Waals surface area (Å²) in [5.41, 5.74) is 0. The van der Waals surface area contributed by atoms with E-state index in [4.69, 9.17) is 0 Å². The summed E-state index contributed by atoms with van der Waals surface area (Å²) in [6.07, 6.45) is 2.82. The molecular weight excluding hydrogens is 148 g/mol. The second-order valence-electron chi connectivity index (χ2n) is 2.62. The largest absolute Gasteiger partial charge is 0.344 e. The van der Waals surface area contributed by atoms with E-state index in [0.29, 0.717) is 0 Å². The van der Waals surface area contributed by atoms with Crippen LogP contribution in [-0.2, 0) is 0 Å². The zero-order valence-corrected chi connectivity index (χ0v) is 8.56. The molecule has 1 aliphatic rings. The average Bonchev–Trinajstić information content (AvgIpc) is 2.39. The van der Waals surface area contributed by atoms with Gasteiger partial charge in [0.15, 0.2) is 0 Å². The van der Waals surface area contributed by atoms with Crippen molar-refractivity contribution in [2.75, 3.05) is 13.1 Å². The molecule has 1 heterocycles. The highest BCUT2D eigenvalue weighted by Gasteiger charge is 2.16. The number of likely N-dealkylation sites (tertiary alicyclic amines) is 1. The first-order chi connectivity index (χ1) is 4.84. The lowest BCUT2D eigenvalue weighted by Crippen LogP contribution is -2.25. The summed E-state index contributed by atoms with van der Waals surface area (Å²) < 4.78 is 0. The molecule has 0 aliphatic carbocycles. The van der Waals surface area contributed by atoms with E-state index in [2.05, 4.69) is 18.7 Å². The van der Waals surface area contributed by atoms with Crippen molar-refractivity contribution in [1.82, 2.24) is 11.1 Å². The third kappa shape index (κ3) is 5.56. The standard InChI is InChI=1S/C7H15N.C2H6.CH4.H3N/c1-3-8-6-4-5-7(8)2;1-2;;/h7H,3-6H2,1-2H3;1-2H3;1H4;1H3. The van der Waals surface area contributed by atoms with Crippen LogP contribution in [0.2, 0.25) is 0 Å². The molecule has 2 heteroatoms. The van der Waals surface area contributed by atoms with E-state index < -0.39 is 0 Å². The second kappa shape index (κ2) is 10.9. The molecule has 3 N–H and O–H groups in total. The first kappa shape index (κ1) is 17.9. The molecule has 0 aromatic rings. The van der Waals surface area contributed by atoms with Crippen LogP contribution in [0.4, 0.5) is 0 Å². The van der Waals surface area contributed by atoms with Gasteiger partial charge < -0.3 is 11.1 Å². The summed E-state index contributed by atoms with van der Waals surface area (Å²) in [5, 5.41) is 0. The van der Waals surface area contributed by atoms with Crippen LogP contribution < -0.4 is 6.15 Å². The molecule has 1 aliphatic heterocycles. The van der Waals surface area contributed by atoms with Gasteiger partial charge in [-0.2, -0.15) is 0 Å². The van der Waals surface area contributed by atoms with Crippen molar-refractivity contribution in [2.45, 2.75) is 54.0 Å². The van der Waals surface area contributed by atoms with Gasteiger partial charge in [0.1, 0.15) is 0 Å². The van der Waals surface area contributed by atoms with Crippen molar-refractivity contribution in [3.63, 3.8) is 0 Å². The van der Waals surface area contributed by atoms with Crippen molar-refractivity contribution in [3.05, 3.63) is 0 Å². The minimum absolute atomic E-state index is 0. The quantitative estimate of drug-likeness (QED) is 0.665. The van der Waals surface area contributed by atoms with E-state index in [9.17, 15) is 0 Å². The Morgan fingerprint density at radius 3 is 2.00 bits per heavy atom. The van der Waals surface area contributed by atoms with Crippen molar-refractivity contribution in [1.29, 1.82) is 0 Å². The summed E-state index contributed by atoms with van der Waals surface area (Å²) >= 11 is 0. The Labute approximate surface area is 78.9 Å². The minimum Gasteiger partial charge on any atom is -0.344 e. The highest BCUT2D eigenvalue weighted by atomic mass is 15.2. The Morgan fingerprint density at radius 2 is 1.83 bits per heavy atom. The summed E-state index contributed by atoms with van der Waals surface area (Å²) in [7, 11) is 0. The molecule has 0 bridgehead atoms. The third-order valence-corrected chi connectivity index (χ3v) is 2.10. The van der Waals surface area contributed by atoms with Crippen LogP contribution >= 0.6 is 0 Å². The van der Waals surface area contributed by atoms with E-state index in [1.807, 2.05) is 13.8 Å². The Bertz CT molecular complexity index is 74.2. The van der Waals surface area contributed by atoms with Gasteiger partial charge >= 0.3 is 0 Å². The summed E-state index contributed by atoms with van der Waals surface area (Å²) in [6, 6.07) is 0.861. The molecule has 0 saturated carbocycles. The van der Waals surface area contributed by atoms with Crippen molar-refractivity contribution in [3.8, 4) is 0 Å². The third-order valence-electron chi connectivity index (χ3n) is 2.10. The first-order valence-electron chi connectivity index (χ1n) is 4.58. The Morgan fingerprint density at radius 1 is 1.33 bits per heavy atom. The zero-order chi connectivity index (χ0) is 7.98. The van der Waals surface area contributed by atoms with Gasteiger partial charge in [0.25, 0.3) is 0 Å². The Balaban J connectivity index is -0.000000189. The summed E-state index contributed by atoms with van der Waals surface area (Å²) in [6.45, 7) is 11.1. The number of hydrogen-bond donors (Lipinski definition) is 1. The van der Waals surface area contributed by atoms with Crippen LogP contribution in [-0.4, -0.2) is 24.0 Å². The van der Waals surface area contributed by atoms with Crippen LogP contribution in [0.5, 0.6) is 0 Å². The van der Waals surface area contributed by atoms with Gasteiger partial charge in [-0.15, -0.1) is 0 Å². The van der Waals surface area contributed by atoms with Crippen LogP contribution in [0.25, 0.3) is 0 Å². The fourth-order valence-corrected chi connectivity index (χ4v) is 1.46. The fourth-order valence-electron chi connectivity index (χ4n) is 1.46. The van der Waals surface area contributed by atoms with E-state index in [0.717, 1.165) is 6.04 Å². The molecule has 0 aromatic heterocycles. The monoisotopic (exact) mass is 176 g/mol. The van der Waals surface area contributed by atoms with Gasteiger partial charge in [-0.25, -0.2) is 0 Å². The van der Waals surface area contributed by atoms with Crippen molar-refractivity contribution < 1.29 is 0 Å². The lowest BCUT2D eigenvalue weighted by molar-refractivity contribution is 0.284. The lowest BCUT2D eigenvalue weighted by atomic mass is 10.2. The maximum Gasteiger partial charge on any atom is 0.00672 e. The van der Waals surface area contributed by atoms with Crippen molar-refractivity contribution in [2.24, 2.45) is 0 Å². The normalized spacial score (nSPS) is 21.5. The lowest BCUT2D eigenvalue weighted by Gasteiger charge is -2.17. The number of rotatable bonds is 1. The maximum atomic E-state index is 2.53. The Hall–Kier alpha value is -0.0800. The van der Waals surface area contributed by atoms with Crippen molar-refractivity contribution >= 4 is 0 Å². The molecule has 1 atom stereocenters. The molecule has 1 rings (SSSR count). The molecule has 0 amide bonds. The molecule has 0 aromatic carbocycles. The molecule has 1 saturated heterocycles. The van der Waals surface area contributed by atoms with Crippen LogP contribution in [0.3, 0.4) is 0 Å².